The Kier molecular flexibility index (Phi) is 7.29. The second kappa shape index (κ2) is 9.31. The Labute approximate surface area is 124 Å². The lowest BCUT2D eigenvalue weighted by molar-refractivity contribution is 0.0525. The van der Waals surface area contributed by atoms with Crippen molar-refractivity contribution in [2.45, 2.75) is 6.92 Å². The van der Waals surface area contributed by atoms with Gasteiger partial charge in [-0.15, -0.1) is 0 Å². The van der Waals surface area contributed by atoms with Crippen molar-refractivity contribution < 1.29 is 19.1 Å². The van der Waals surface area contributed by atoms with Gasteiger partial charge in [0.2, 0.25) is 0 Å². The standard InChI is InChI=1S/C9H10O2.C8H8O2/c1-2-11-9(10)8-6-4-3-5-7-8;1-10-8(9)7-5-3-2-4-6-7/h3-7H,2H2,1H3;2-6H,1H3. The zero-order valence-corrected chi connectivity index (χ0v) is 12.1. The van der Waals surface area contributed by atoms with Crippen LogP contribution in [0.2, 0.25) is 0 Å². The topological polar surface area (TPSA) is 52.6 Å². The normalized spacial score (nSPS) is 9.05. The molecule has 0 aliphatic heterocycles. The first-order valence-electron chi connectivity index (χ1n) is 6.54. The molecule has 0 saturated carbocycles. The zero-order chi connectivity index (χ0) is 15.5. The lowest BCUT2D eigenvalue weighted by Gasteiger charge is -1.99. The van der Waals surface area contributed by atoms with E-state index in [0.717, 1.165) is 0 Å². The predicted molar refractivity (Wildman–Crippen MR) is 80.2 cm³/mol. The molecule has 2 aromatic carbocycles. The van der Waals surface area contributed by atoms with E-state index >= 15 is 0 Å². The molecule has 2 aromatic rings. The van der Waals surface area contributed by atoms with Gasteiger partial charge >= 0.3 is 11.9 Å². The van der Waals surface area contributed by atoms with E-state index < -0.39 is 0 Å². The third kappa shape index (κ3) is 5.91. The fourth-order valence-corrected chi connectivity index (χ4v) is 1.48. The molecule has 0 spiro atoms. The molecular formula is C17H18O4. The highest BCUT2D eigenvalue weighted by Crippen LogP contribution is 2.00. The molecule has 0 fully saturated rings. The van der Waals surface area contributed by atoms with Crippen molar-refractivity contribution in [3.63, 3.8) is 0 Å². The van der Waals surface area contributed by atoms with E-state index in [1.54, 1.807) is 43.3 Å². The first kappa shape index (κ1) is 16.4. The van der Waals surface area contributed by atoms with Gasteiger partial charge in [-0.25, -0.2) is 9.59 Å². The fraction of sp³-hybridized carbons (Fsp3) is 0.176. The Morgan fingerprint density at radius 3 is 1.62 bits per heavy atom. The van der Waals surface area contributed by atoms with Crippen LogP contribution in [0.1, 0.15) is 27.6 Å². The third-order valence-corrected chi connectivity index (χ3v) is 2.48. The number of benzene rings is 2. The van der Waals surface area contributed by atoms with Gasteiger partial charge < -0.3 is 9.47 Å². The van der Waals surface area contributed by atoms with Gasteiger partial charge in [-0.3, -0.25) is 0 Å². The summed E-state index contributed by atoms with van der Waals surface area (Å²) in [6.45, 7) is 2.22. The molecule has 0 radical (unpaired) electrons. The summed E-state index contributed by atoms with van der Waals surface area (Å²) in [5, 5.41) is 0. The molecule has 0 atom stereocenters. The Balaban J connectivity index is 0.000000211. The van der Waals surface area contributed by atoms with Crippen molar-refractivity contribution in [3.8, 4) is 0 Å². The SMILES string of the molecule is CCOC(=O)c1ccccc1.COC(=O)c1ccccc1. The number of esters is 2. The number of rotatable bonds is 3. The van der Waals surface area contributed by atoms with Crippen LogP contribution in [0.5, 0.6) is 0 Å². The van der Waals surface area contributed by atoms with Gasteiger partial charge in [0, 0.05) is 0 Å². The Hall–Kier alpha value is -2.62. The lowest BCUT2D eigenvalue weighted by atomic mass is 10.2. The number of ether oxygens (including phenoxy) is 2. The van der Waals surface area contributed by atoms with E-state index in [2.05, 4.69) is 4.74 Å². The second-order valence-electron chi connectivity index (χ2n) is 3.94. The molecule has 2 rings (SSSR count). The predicted octanol–water partition coefficient (Wildman–Crippen LogP) is 3.34. The Morgan fingerprint density at radius 2 is 1.24 bits per heavy atom. The number of hydrogen-bond acceptors (Lipinski definition) is 4. The third-order valence-electron chi connectivity index (χ3n) is 2.48. The van der Waals surface area contributed by atoms with Gasteiger partial charge in [0.25, 0.3) is 0 Å². The quantitative estimate of drug-likeness (QED) is 0.812. The molecule has 0 aromatic heterocycles. The summed E-state index contributed by atoms with van der Waals surface area (Å²) in [5.74, 6) is -0.547. The monoisotopic (exact) mass is 286 g/mol. The van der Waals surface area contributed by atoms with Crippen molar-refractivity contribution in [2.24, 2.45) is 0 Å². The van der Waals surface area contributed by atoms with Crippen molar-refractivity contribution in [1.29, 1.82) is 0 Å². The number of hydrogen-bond donors (Lipinski definition) is 0. The summed E-state index contributed by atoms with van der Waals surface area (Å²) in [4.78, 5) is 21.8. The highest BCUT2D eigenvalue weighted by Gasteiger charge is 2.02. The summed E-state index contributed by atoms with van der Waals surface area (Å²) in [6.07, 6.45) is 0. The van der Waals surface area contributed by atoms with E-state index in [1.165, 1.54) is 7.11 Å². The van der Waals surface area contributed by atoms with Gasteiger partial charge in [0.15, 0.2) is 0 Å². The highest BCUT2D eigenvalue weighted by molar-refractivity contribution is 5.89. The average Bonchev–Trinajstić information content (AvgIpc) is 2.56. The van der Waals surface area contributed by atoms with Crippen molar-refractivity contribution >= 4 is 11.9 Å². The van der Waals surface area contributed by atoms with Gasteiger partial charge in [-0.05, 0) is 31.2 Å². The molecule has 0 unspecified atom stereocenters. The first-order valence-corrected chi connectivity index (χ1v) is 6.54. The molecule has 0 bridgehead atoms. The molecule has 0 aliphatic rings. The Morgan fingerprint density at radius 1 is 0.810 bits per heavy atom. The summed E-state index contributed by atoms with van der Waals surface area (Å²) in [6, 6.07) is 17.8. The molecule has 4 heteroatoms. The lowest BCUT2D eigenvalue weighted by Crippen LogP contribution is -2.03. The van der Waals surface area contributed by atoms with Gasteiger partial charge in [-0.2, -0.15) is 0 Å². The number of methoxy groups -OCH3 is 1. The van der Waals surface area contributed by atoms with Gasteiger partial charge in [0.1, 0.15) is 0 Å². The average molecular weight is 286 g/mol. The first-order chi connectivity index (χ1) is 10.2. The maximum Gasteiger partial charge on any atom is 0.338 e. The molecule has 0 aliphatic carbocycles. The molecule has 0 N–H and O–H groups in total. The maximum atomic E-state index is 11.0. The van der Waals surface area contributed by atoms with Crippen LogP contribution in [0.25, 0.3) is 0 Å². The number of carbonyl (C=O) groups excluding carboxylic acids is 2. The minimum Gasteiger partial charge on any atom is -0.465 e. The second-order valence-corrected chi connectivity index (χ2v) is 3.94. The van der Waals surface area contributed by atoms with E-state index in [-0.39, 0.29) is 11.9 Å². The summed E-state index contributed by atoms with van der Waals surface area (Å²) in [7, 11) is 1.37. The summed E-state index contributed by atoms with van der Waals surface area (Å²) in [5.41, 5.74) is 1.19. The largest absolute Gasteiger partial charge is 0.465 e. The van der Waals surface area contributed by atoms with E-state index in [0.29, 0.717) is 17.7 Å². The van der Waals surface area contributed by atoms with E-state index in [4.69, 9.17) is 4.74 Å². The van der Waals surface area contributed by atoms with Crippen LogP contribution in [-0.4, -0.2) is 25.7 Å². The van der Waals surface area contributed by atoms with Gasteiger partial charge in [-0.1, -0.05) is 36.4 Å². The number of carbonyl (C=O) groups is 2. The smallest absolute Gasteiger partial charge is 0.338 e. The fourth-order valence-electron chi connectivity index (χ4n) is 1.48. The van der Waals surface area contributed by atoms with Crippen molar-refractivity contribution in [1.82, 2.24) is 0 Å². The summed E-state index contributed by atoms with van der Waals surface area (Å²) >= 11 is 0. The van der Waals surface area contributed by atoms with Gasteiger partial charge in [0.05, 0.1) is 24.8 Å². The highest BCUT2D eigenvalue weighted by atomic mass is 16.5. The maximum absolute atomic E-state index is 11.0. The minimum atomic E-state index is -0.291. The van der Waals surface area contributed by atoms with Crippen molar-refractivity contribution in [3.05, 3.63) is 71.8 Å². The van der Waals surface area contributed by atoms with Crippen LogP contribution in [0.15, 0.2) is 60.7 Å². The Bertz CT molecular complexity index is 550. The van der Waals surface area contributed by atoms with Crippen LogP contribution >= 0.6 is 0 Å². The molecule has 21 heavy (non-hydrogen) atoms. The van der Waals surface area contributed by atoms with Crippen LogP contribution in [0, 0.1) is 0 Å². The van der Waals surface area contributed by atoms with Crippen LogP contribution in [0.3, 0.4) is 0 Å². The summed E-state index contributed by atoms with van der Waals surface area (Å²) < 4.78 is 9.29. The molecule has 0 saturated heterocycles. The molecular weight excluding hydrogens is 268 g/mol. The van der Waals surface area contributed by atoms with Crippen LogP contribution in [-0.2, 0) is 9.47 Å². The van der Waals surface area contributed by atoms with Crippen LogP contribution in [0.4, 0.5) is 0 Å². The molecule has 4 nitrogen and oxygen atoms in total. The minimum absolute atomic E-state index is 0.256. The molecule has 0 amide bonds. The van der Waals surface area contributed by atoms with Crippen LogP contribution < -0.4 is 0 Å². The molecule has 0 heterocycles. The van der Waals surface area contributed by atoms with E-state index in [9.17, 15) is 9.59 Å². The zero-order valence-electron chi connectivity index (χ0n) is 12.1. The van der Waals surface area contributed by atoms with E-state index in [1.807, 2.05) is 24.3 Å². The molecule has 110 valence electrons. The van der Waals surface area contributed by atoms with Crippen molar-refractivity contribution in [2.75, 3.05) is 13.7 Å².